The summed E-state index contributed by atoms with van der Waals surface area (Å²) in [5, 5.41) is 0.249. The van der Waals surface area contributed by atoms with Gasteiger partial charge in [0.2, 0.25) is 0 Å². The number of ketones is 1. The molecule has 1 atom stereocenters. The second-order valence-corrected chi connectivity index (χ2v) is 10.7. The molecule has 0 aromatic carbocycles. The van der Waals surface area contributed by atoms with E-state index in [1.807, 2.05) is 6.08 Å². The molecule has 0 spiro atoms. The molecule has 0 radical (unpaired) electrons. The van der Waals surface area contributed by atoms with E-state index in [9.17, 15) is 4.79 Å². The van der Waals surface area contributed by atoms with Crippen LogP contribution in [0.5, 0.6) is 0 Å². The van der Waals surface area contributed by atoms with Crippen molar-refractivity contribution < 1.29 is 9.22 Å². The molecular formula is C12H22O2Si. The minimum Gasteiger partial charge on any atom is -0.416 e. The summed E-state index contributed by atoms with van der Waals surface area (Å²) in [6.07, 6.45) is 4.30. The average molecular weight is 226 g/mol. The zero-order valence-electron chi connectivity index (χ0n) is 10.5. The number of rotatable bonds is 3. The summed E-state index contributed by atoms with van der Waals surface area (Å²) in [5.74, 6) is 0.547. The van der Waals surface area contributed by atoms with Crippen LogP contribution in [0, 0.1) is 5.92 Å². The van der Waals surface area contributed by atoms with Crippen LogP contribution in [0.15, 0.2) is 12.2 Å². The molecule has 1 aliphatic rings. The lowest BCUT2D eigenvalue weighted by Gasteiger charge is -2.36. The highest BCUT2D eigenvalue weighted by molar-refractivity contribution is 6.74. The summed E-state index contributed by atoms with van der Waals surface area (Å²) in [7, 11) is -1.64. The summed E-state index contributed by atoms with van der Waals surface area (Å²) in [6.45, 7) is 11.9. The van der Waals surface area contributed by atoms with Gasteiger partial charge in [0.15, 0.2) is 14.1 Å². The minimum atomic E-state index is -1.64. The van der Waals surface area contributed by atoms with Crippen LogP contribution >= 0.6 is 0 Å². The van der Waals surface area contributed by atoms with Gasteiger partial charge in [-0.25, -0.2) is 0 Å². The predicted molar refractivity (Wildman–Crippen MR) is 65.4 cm³/mol. The molecule has 0 heterocycles. The number of carbonyl (C=O) groups excluding carboxylic acids is 1. The van der Waals surface area contributed by atoms with Crippen LogP contribution in [0.3, 0.4) is 0 Å². The predicted octanol–water partition coefficient (Wildman–Crippen LogP) is 3.15. The Bertz CT molecular complexity index is 274. The Morgan fingerprint density at radius 2 is 2.07 bits per heavy atom. The molecule has 0 aromatic heterocycles. The molecule has 0 aromatic rings. The third kappa shape index (κ3) is 3.28. The molecule has 3 heteroatoms. The van der Waals surface area contributed by atoms with Gasteiger partial charge >= 0.3 is 0 Å². The van der Waals surface area contributed by atoms with Crippen molar-refractivity contribution in [2.75, 3.05) is 6.61 Å². The zero-order valence-corrected chi connectivity index (χ0v) is 11.5. The molecule has 0 unspecified atom stereocenters. The summed E-state index contributed by atoms with van der Waals surface area (Å²) in [6, 6.07) is 0. The Kier molecular flexibility index (Phi) is 3.56. The zero-order chi connectivity index (χ0) is 11.7. The molecule has 0 saturated heterocycles. The van der Waals surface area contributed by atoms with Crippen molar-refractivity contribution in [2.24, 2.45) is 5.92 Å². The first-order valence-corrected chi connectivity index (χ1v) is 8.48. The van der Waals surface area contributed by atoms with E-state index in [1.165, 1.54) is 0 Å². The fourth-order valence-electron chi connectivity index (χ4n) is 1.28. The second kappa shape index (κ2) is 4.22. The van der Waals surface area contributed by atoms with Gasteiger partial charge in [0, 0.05) is 18.9 Å². The highest BCUT2D eigenvalue weighted by atomic mass is 28.4. The molecular weight excluding hydrogens is 204 g/mol. The Hall–Kier alpha value is -0.413. The molecule has 0 saturated carbocycles. The number of hydrogen-bond acceptors (Lipinski definition) is 2. The molecule has 0 bridgehead atoms. The van der Waals surface area contributed by atoms with E-state index in [2.05, 4.69) is 33.9 Å². The van der Waals surface area contributed by atoms with E-state index in [0.29, 0.717) is 18.9 Å². The van der Waals surface area contributed by atoms with Gasteiger partial charge in [-0.1, -0.05) is 26.8 Å². The van der Waals surface area contributed by atoms with E-state index in [1.54, 1.807) is 6.08 Å². The Morgan fingerprint density at radius 3 is 2.47 bits per heavy atom. The van der Waals surface area contributed by atoms with Crippen LogP contribution in [0.25, 0.3) is 0 Å². The monoisotopic (exact) mass is 226 g/mol. The van der Waals surface area contributed by atoms with Gasteiger partial charge in [0.05, 0.1) is 0 Å². The first-order valence-electron chi connectivity index (χ1n) is 5.57. The van der Waals surface area contributed by atoms with Gasteiger partial charge in [0.1, 0.15) is 0 Å². The van der Waals surface area contributed by atoms with Crippen LogP contribution in [0.1, 0.15) is 27.2 Å². The average Bonchev–Trinajstić information content (AvgIpc) is 2.46. The maximum Gasteiger partial charge on any atom is 0.192 e. The third-order valence-electron chi connectivity index (χ3n) is 3.48. The summed E-state index contributed by atoms with van der Waals surface area (Å²) in [5.41, 5.74) is 0. The van der Waals surface area contributed by atoms with E-state index in [0.717, 1.165) is 0 Å². The molecule has 0 aliphatic heterocycles. The van der Waals surface area contributed by atoms with Crippen molar-refractivity contribution in [3.8, 4) is 0 Å². The lowest BCUT2D eigenvalue weighted by Crippen LogP contribution is -2.41. The Labute approximate surface area is 93.8 Å². The van der Waals surface area contributed by atoms with Crippen LogP contribution in [0.2, 0.25) is 18.1 Å². The maximum absolute atomic E-state index is 11.0. The van der Waals surface area contributed by atoms with Crippen LogP contribution in [0.4, 0.5) is 0 Å². The molecule has 1 aliphatic carbocycles. The quantitative estimate of drug-likeness (QED) is 0.691. The Morgan fingerprint density at radius 1 is 1.47 bits per heavy atom. The topological polar surface area (TPSA) is 26.3 Å². The molecule has 0 amide bonds. The maximum atomic E-state index is 11.0. The fraction of sp³-hybridized carbons (Fsp3) is 0.750. The van der Waals surface area contributed by atoms with E-state index in [4.69, 9.17) is 4.43 Å². The fourth-order valence-corrected chi connectivity index (χ4v) is 2.35. The summed E-state index contributed by atoms with van der Waals surface area (Å²) in [4.78, 5) is 11.0. The smallest absolute Gasteiger partial charge is 0.192 e. The van der Waals surface area contributed by atoms with Crippen LogP contribution < -0.4 is 0 Å². The highest BCUT2D eigenvalue weighted by Crippen LogP contribution is 2.37. The first-order chi connectivity index (χ1) is 6.72. The summed E-state index contributed by atoms with van der Waals surface area (Å²) >= 11 is 0. The van der Waals surface area contributed by atoms with Crippen molar-refractivity contribution in [3.05, 3.63) is 12.2 Å². The third-order valence-corrected chi connectivity index (χ3v) is 7.98. The van der Waals surface area contributed by atoms with Gasteiger partial charge in [-0.05, 0) is 24.2 Å². The largest absolute Gasteiger partial charge is 0.416 e. The first kappa shape index (κ1) is 12.7. The second-order valence-electron chi connectivity index (χ2n) is 5.86. The van der Waals surface area contributed by atoms with Crippen molar-refractivity contribution in [2.45, 2.75) is 45.3 Å². The summed E-state index contributed by atoms with van der Waals surface area (Å²) < 4.78 is 6.06. The highest BCUT2D eigenvalue weighted by Gasteiger charge is 2.37. The van der Waals surface area contributed by atoms with Gasteiger partial charge in [0.25, 0.3) is 0 Å². The van der Waals surface area contributed by atoms with Gasteiger partial charge in [-0.3, -0.25) is 4.79 Å². The molecule has 1 rings (SSSR count). The van der Waals surface area contributed by atoms with Gasteiger partial charge in [-0.2, -0.15) is 0 Å². The number of allylic oxidation sites excluding steroid dienone is 1. The standard InChI is InChI=1S/C12H22O2Si/c1-12(2,3)15(4,5)14-9-10-6-7-11(13)8-10/h6-7,10H,8-9H2,1-5H3/t10-/m1/s1. The molecule has 0 N–H and O–H groups in total. The van der Waals surface area contributed by atoms with E-state index >= 15 is 0 Å². The van der Waals surface area contributed by atoms with E-state index in [-0.39, 0.29) is 10.8 Å². The van der Waals surface area contributed by atoms with Crippen LogP contribution in [-0.4, -0.2) is 20.7 Å². The number of hydrogen-bond donors (Lipinski definition) is 0. The lowest BCUT2D eigenvalue weighted by molar-refractivity contribution is -0.114. The Balaban J connectivity index is 2.44. The normalized spacial score (nSPS) is 22.5. The van der Waals surface area contributed by atoms with Crippen molar-refractivity contribution in [1.82, 2.24) is 0 Å². The molecule has 0 fully saturated rings. The van der Waals surface area contributed by atoms with Gasteiger partial charge < -0.3 is 4.43 Å². The molecule has 86 valence electrons. The van der Waals surface area contributed by atoms with Crippen molar-refractivity contribution in [3.63, 3.8) is 0 Å². The van der Waals surface area contributed by atoms with Crippen molar-refractivity contribution in [1.29, 1.82) is 0 Å². The SMILES string of the molecule is CC(C)(C)[Si](C)(C)OC[C@@H]1C=CC(=O)C1. The van der Waals surface area contributed by atoms with Gasteiger partial charge in [-0.15, -0.1) is 0 Å². The van der Waals surface area contributed by atoms with Crippen LogP contribution in [-0.2, 0) is 9.22 Å². The molecule has 15 heavy (non-hydrogen) atoms. The lowest BCUT2D eigenvalue weighted by atomic mass is 10.1. The molecule has 2 nitrogen and oxygen atoms in total. The van der Waals surface area contributed by atoms with Crippen molar-refractivity contribution >= 4 is 14.1 Å². The van der Waals surface area contributed by atoms with E-state index < -0.39 is 8.32 Å². The number of carbonyl (C=O) groups is 1. The minimum absolute atomic E-state index is 0.235.